The summed E-state index contributed by atoms with van der Waals surface area (Å²) >= 11 is 0. The van der Waals surface area contributed by atoms with Gasteiger partial charge in [0.25, 0.3) is 0 Å². The molecule has 3 aliphatic rings. The molecule has 0 aliphatic heterocycles. The van der Waals surface area contributed by atoms with Gasteiger partial charge in [-0.05, 0) is 49.4 Å². The molecule has 3 aliphatic carbocycles. The van der Waals surface area contributed by atoms with Crippen molar-refractivity contribution >= 4 is 0 Å². The molecule has 4 atom stereocenters. The Kier molecular flexibility index (Phi) is 1.47. The first-order chi connectivity index (χ1) is 6.53. The van der Waals surface area contributed by atoms with Gasteiger partial charge in [0.1, 0.15) is 0 Å². The van der Waals surface area contributed by atoms with Crippen molar-refractivity contribution in [3.05, 3.63) is 23.3 Å². The monoisotopic (exact) mass is 188 g/mol. The average Bonchev–Trinajstić information content (AvgIpc) is 2.76. The summed E-state index contributed by atoms with van der Waals surface area (Å²) in [5, 5.41) is 0. The maximum absolute atomic E-state index is 2.49. The minimum absolute atomic E-state index is 0.457. The van der Waals surface area contributed by atoms with E-state index in [4.69, 9.17) is 0 Å². The third-order valence-electron chi connectivity index (χ3n) is 5.35. The molecule has 0 aromatic heterocycles. The van der Waals surface area contributed by atoms with E-state index in [1.807, 2.05) is 0 Å². The van der Waals surface area contributed by atoms with Crippen molar-refractivity contribution in [1.82, 2.24) is 0 Å². The lowest BCUT2D eigenvalue weighted by molar-refractivity contribution is 0.213. The second-order valence-corrected chi connectivity index (χ2v) is 6.03. The van der Waals surface area contributed by atoms with Crippen LogP contribution in [0.15, 0.2) is 23.3 Å². The minimum atomic E-state index is 0.457. The molecule has 0 aromatic carbocycles. The number of hydrogen-bond acceptors (Lipinski definition) is 0. The fourth-order valence-electron chi connectivity index (χ4n) is 4.40. The van der Waals surface area contributed by atoms with Crippen molar-refractivity contribution in [1.29, 1.82) is 0 Å². The van der Waals surface area contributed by atoms with Crippen molar-refractivity contribution < 1.29 is 0 Å². The lowest BCUT2D eigenvalue weighted by Gasteiger charge is -2.34. The predicted molar refractivity (Wildman–Crippen MR) is 59.9 cm³/mol. The number of allylic oxidation sites excluding steroid dienone is 4. The topological polar surface area (TPSA) is 0 Å². The zero-order valence-corrected chi connectivity index (χ0v) is 9.67. The van der Waals surface area contributed by atoms with Gasteiger partial charge in [-0.1, -0.05) is 37.1 Å². The Bertz CT molecular complexity index is 343. The van der Waals surface area contributed by atoms with E-state index in [-0.39, 0.29) is 0 Å². The summed E-state index contributed by atoms with van der Waals surface area (Å²) in [5.41, 5.74) is 3.83. The molecule has 1 fully saturated rings. The summed E-state index contributed by atoms with van der Waals surface area (Å²) in [6.07, 6.45) is 6.40. The van der Waals surface area contributed by atoms with Crippen LogP contribution in [0.4, 0.5) is 0 Å². The Morgan fingerprint density at radius 1 is 1.14 bits per heavy atom. The average molecular weight is 188 g/mol. The van der Waals surface area contributed by atoms with Gasteiger partial charge >= 0.3 is 0 Å². The molecule has 14 heavy (non-hydrogen) atoms. The molecule has 0 spiro atoms. The van der Waals surface area contributed by atoms with E-state index in [0.717, 1.165) is 23.7 Å². The molecule has 2 bridgehead atoms. The Balaban J connectivity index is 2.12. The highest BCUT2D eigenvalue weighted by Crippen LogP contribution is 2.64. The maximum Gasteiger partial charge on any atom is -0.00979 e. The summed E-state index contributed by atoms with van der Waals surface area (Å²) in [4.78, 5) is 0. The summed E-state index contributed by atoms with van der Waals surface area (Å²) in [5.74, 6) is 3.56. The van der Waals surface area contributed by atoms with Crippen LogP contribution in [0, 0.1) is 29.1 Å². The first kappa shape index (κ1) is 8.76. The van der Waals surface area contributed by atoms with Crippen LogP contribution in [0.3, 0.4) is 0 Å². The molecule has 0 aromatic rings. The van der Waals surface area contributed by atoms with Crippen LogP contribution < -0.4 is 0 Å². The third kappa shape index (κ3) is 0.769. The van der Waals surface area contributed by atoms with Crippen molar-refractivity contribution in [2.24, 2.45) is 29.1 Å². The van der Waals surface area contributed by atoms with E-state index in [0.29, 0.717) is 5.41 Å². The highest BCUT2D eigenvalue weighted by molar-refractivity contribution is 5.36. The molecule has 3 rings (SSSR count). The standard InChI is InChI=1S/C14H20/c1-8-9(2)14(3,4)13-11-6-5-10(7-11)12(8)13/h5-6,10-13H,7H2,1-4H3/t10-,11+,12+,13-/m1/s1. The van der Waals surface area contributed by atoms with E-state index in [1.54, 1.807) is 11.1 Å². The lowest BCUT2D eigenvalue weighted by atomic mass is 9.70. The van der Waals surface area contributed by atoms with Crippen molar-refractivity contribution in [2.75, 3.05) is 0 Å². The van der Waals surface area contributed by atoms with Crippen molar-refractivity contribution in [2.45, 2.75) is 34.1 Å². The highest BCUT2D eigenvalue weighted by atomic mass is 14.6. The first-order valence-corrected chi connectivity index (χ1v) is 5.89. The van der Waals surface area contributed by atoms with Crippen molar-refractivity contribution in [3.8, 4) is 0 Å². The Morgan fingerprint density at radius 2 is 1.79 bits per heavy atom. The Morgan fingerprint density at radius 3 is 2.43 bits per heavy atom. The van der Waals surface area contributed by atoms with Gasteiger partial charge < -0.3 is 0 Å². The molecule has 0 N–H and O–H groups in total. The predicted octanol–water partition coefficient (Wildman–Crippen LogP) is 3.80. The van der Waals surface area contributed by atoms with Gasteiger partial charge in [0.2, 0.25) is 0 Å². The Hall–Kier alpha value is -0.520. The van der Waals surface area contributed by atoms with Gasteiger partial charge in [-0.25, -0.2) is 0 Å². The van der Waals surface area contributed by atoms with Gasteiger partial charge in [-0.15, -0.1) is 0 Å². The maximum atomic E-state index is 2.49. The summed E-state index contributed by atoms with van der Waals surface area (Å²) in [6.45, 7) is 9.62. The largest absolute Gasteiger partial charge is 0.0848 e. The SMILES string of the molecule is CC1=C(C)C(C)(C)[C@H]2[C@@H]1[C@@H]1C=C[C@H]2C1. The zero-order chi connectivity index (χ0) is 10.1. The molecule has 0 unspecified atom stereocenters. The van der Waals surface area contributed by atoms with Crippen LogP contribution in [-0.4, -0.2) is 0 Å². The molecule has 0 heterocycles. The zero-order valence-electron chi connectivity index (χ0n) is 9.67. The van der Waals surface area contributed by atoms with E-state index < -0.39 is 0 Å². The minimum Gasteiger partial charge on any atom is -0.0848 e. The van der Waals surface area contributed by atoms with Crippen LogP contribution in [0.25, 0.3) is 0 Å². The molecule has 1 saturated carbocycles. The second-order valence-electron chi connectivity index (χ2n) is 6.03. The smallest absolute Gasteiger partial charge is 0.00979 e. The lowest BCUT2D eigenvalue weighted by Crippen LogP contribution is -2.28. The number of hydrogen-bond donors (Lipinski definition) is 0. The Labute approximate surface area is 87.1 Å². The van der Waals surface area contributed by atoms with Crippen LogP contribution >= 0.6 is 0 Å². The molecule has 76 valence electrons. The summed E-state index contributed by atoms with van der Waals surface area (Å²) in [6, 6.07) is 0. The quantitative estimate of drug-likeness (QED) is 0.507. The number of rotatable bonds is 0. The van der Waals surface area contributed by atoms with Gasteiger partial charge in [0, 0.05) is 0 Å². The van der Waals surface area contributed by atoms with E-state index >= 15 is 0 Å². The van der Waals surface area contributed by atoms with Crippen LogP contribution in [-0.2, 0) is 0 Å². The second kappa shape index (κ2) is 2.35. The molecule has 0 radical (unpaired) electrons. The van der Waals surface area contributed by atoms with Gasteiger partial charge in [0.05, 0.1) is 0 Å². The van der Waals surface area contributed by atoms with Gasteiger partial charge in [0.15, 0.2) is 0 Å². The molecule has 0 nitrogen and oxygen atoms in total. The third-order valence-corrected chi connectivity index (χ3v) is 5.35. The van der Waals surface area contributed by atoms with E-state index in [2.05, 4.69) is 39.8 Å². The van der Waals surface area contributed by atoms with Crippen LogP contribution in [0.2, 0.25) is 0 Å². The van der Waals surface area contributed by atoms with Gasteiger partial charge in [-0.3, -0.25) is 0 Å². The first-order valence-electron chi connectivity index (χ1n) is 5.89. The summed E-state index contributed by atoms with van der Waals surface area (Å²) in [7, 11) is 0. The molecule has 0 amide bonds. The summed E-state index contributed by atoms with van der Waals surface area (Å²) < 4.78 is 0. The highest BCUT2D eigenvalue weighted by Gasteiger charge is 2.56. The van der Waals surface area contributed by atoms with E-state index in [1.165, 1.54) is 6.42 Å². The fourth-order valence-corrected chi connectivity index (χ4v) is 4.40. The molecular formula is C14H20. The molecule has 0 heteroatoms. The number of fused-ring (bicyclic) bond motifs is 5. The van der Waals surface area contributed by atoms with Crippen LogP contribution in [0.5, 0.6) is 0 Å². The fraction of sp³-hybridized carbons (Fsp3) is 0.714. The van der Waals surface area contributed by atoms with Crippen molar-refractivity contribution in [3.63, 3.8) is 0 Å². The van der Waals surface area contributed by atoms with Crippen LogP contribution in [0.1, 0.15) is 34.1 Å². The normalized spacial score (nSPS) is 47.7. The van der Waals surface area contributed by atoms with E-state index in [9.17, 15) is 0 Å². The molecule has 0 saturated heterocycles. The van der Waals surface area contributed by atoms with Gasteiger partial charge in [-0.2, -0.15) is 0 Å². The molecular weight excluding hydrogens is 168 g/mol.